The Morgan fingerprint density at radius 2 is 1.89 bits per heavy atom. The van der Waals surface area contributed by atoms with Crippen LogP contribution in [0.2, 0.25) is 0 Å². The summed E-state index contributed by atoms with van der Waals surface area (Å²) >= 11 is 0.557. The predicted octanol–water partition coefficient (Wildman–Crippen LogP) is 2.49. The summed E-state index contributed by atoms with van der Waals surface area (Å²) in [6, 6.07) is 0.182. The maximum atomic E-state index is 12.3. The Bertz CT molecular complexity index is 385. The summed E-state index contributed by atoms with van der Waals surface area (Å²) < 4.78 is 37.0. The van der Waals surface area contributed by atoms with Gasteiger partial charge >= 0.3 is 6.18 Å². The van der Waals surface area contributed by atoms with Crippen LogP contribution in [0.1, 0.15) is 30.7 Å². The van der Waals surface area contributed by atoms with E-state index >= 15 is 0 Å². The van der Waals surface area contributed by atoms with E-state index in [0.717, 1.165) is 25.7 Å². The van der Waals surface area contributed by atoms with E-state index in [1.54, 1.807) is 0 Å². The molecule has 0 amide bonds. The van der Waals surface area contributed by atoms with E-state index in [4.69, 9.17) is 5.73 Å². The van der Waals surface area contributed by atoms with Crippen molar-refractivity contribution < 1.29 is 13.2 Å². The van der Waals surface area contributed by atoms with Gasteiger partial charge in [-0.25, -0.2) is 0 Å². The minimum absolute atomic E-state index is 0.182. The highest BCUT2D eigenvalue weighted by Gasteiger charge is 2.36. The van der Waals surface area contributed by atoms with Crippen LogP contribution in [0.5, 0.6) is 0 Å². The molecule has 3 N–H and O–H groups in total. The van der Waals surface area contributed by atoms with Gasteiger partial charge in [0, 0.05) is 6.04 Å². The Balaban J connectivity index is 1.89. The zero-order chi connectivity index (χ0) is 13.2. The lowest BCUT2D eigenvalue weighted by Crippen LogP contribution is -2.29. The molecule has 1 aliphatic carbocycles. The first-order valence-electron chi connectivity index (χ1n) is 5.86. The molecule has 1 aromatic heterocycles. The zero-order valence-corrected chi connectivity index (χ0v) is 10.5. The maximum Gasteiger partial charge on any atom is 0.445 e. The Morgan fingerprint density at radius 1 is 1.22 bits per heavy atom. The molecule has 0 spiro atoms. The molecule has 0 radical (unpaired) electrons. The molecule has 0 aromatic carbocycles. The molecule has 102 valence electrons. The fraction of sp³-hybridized carbons (Fsp3) is 0.800. The lowest BCUT2D eigenvalue weighted by molar-refractivity contribution is -0.138. The third kappa shape index (κ3) is 3.32. The van der Waals surface area contributed by atoms with Gasteiger partial charge in [-0.3, -0.25) is 0 Å². The minimum Gasteiger partial charge on any atom is -0.357 e. The summed E-state index contributed by atoms with van der Waals surface area (Å²) in [6.45, 7) is 0.684. The van der Waals surface area contributed by atoms with Crippen LogP contribution < -0.4 is 11.1 Å². The third-order valence-electron chi connectivity index (χ3n) is 3.18. The van der Waals surface area contributed by atoms with Crippen LogP contribution in [0.15, 0.2) is 0 Å². The Hall–Kier alpha value is -0.890. The Kier molecular flexibility index (Phi) is 4.06. The molecule has 0 atom stereocenters. The van der Waals surface area contributed by atoms with Gasteiger partial charge in [0.1, 0.15) is 0 Å². The molecule has 1 aliphatic rings. The number of hydrogen-bond acceptors (Lipinski definition) is 5. The lowest BCUT2D eigenvalue weighted by atomic mass is 9.86. The van der Waals surface area contributed by atoms with E-state index in [-0.39, 0.29) is 11.2 Å². The average molecular weight is 280 g/mol. The summed E-state index contributed by atoms with van der Waals surface area (Å²) in [6.07, 6.45) is -0.543. The standard InChI is InChI=1S/C10H15F3N4S/c11-10(12,13)8-16-17-9(18-8)15-7-3-1-6(5-14)2-4-7/h6-7H,1-5,14H2,(H,15,17). The summed E-state index contributed by atoms with van der Waals surface area (Å²) in [5, 5.41) is 9.04. The van der Waals surface area contributed by atoms with E-state index in [1.807, 2.05) is 0 Å². The van der Waals surface area contributed by atoms with Crippen LogP contribution in [-0.4, -0.2) is 22.8 Å². The van der Waals surface area contributed by atoms with Gasteiger partial charge in [-0.1, -0.05) is 11.3 Å². The van der Waals surface area contributed by atoms with Crippen LogP contribution in [0.4, 0.5) is 18.3 Å². The smallest absolute Gasteiger partial charge is 0.357 e. The number of nitrogens with one attached hydrogen (secondary N) is 1. The van der Waals surface area contributed by atoms with Crippen molar-refractivity contribution in [2.75, 3.05) is 11.9 Å². The van der Waals surface area contributed by atoms with Crippen LogP contribution in [-0.2, 0) is 6.18 Å². The first kappa shape index (κ1) is 13.5. The molecule has 0 aliphatic heterocycles. The van der Waals surface area contributed by atoms with E-state index in [1.165, 1.54) is 0 Å². The fourth-order valence-corrected chi connectivity index (χ4v) is 2.80. The van der Waals surface area contributed by atoms with Gasteiger partial charge in [0.15, 0.2) is 0 Å². The molecular formula is C10H15F3N4S. The molecule has 1 fully saturated rings. The van der Waals surface area contributed by atoms with Gasteiger partial charge in [-0.15, -0.1) is 10.2 Å². The Labute approximate surface area is 107 Å². The first-order valence-corrected chi connectivity index (χ1v) is 6.68. The highest BCUT2D eigenvalue weighted by Crippen LogP contribution is 2.34. The second-order valence-electron chi connectivity index (χ2n) is 4.51. The highest BCUT2D eigenvalue weighted by molar-refractivity contribution is 7.15. The van der Waals surface area contributed by atoms with Gasteiger partial charge in [0.2, 0.25) is 10.1 Å². The van der Waals surface area contributed by atoms with Crippen LogP contribution in [0.3, 0.4) is 0 Å². The van der Waals surface area contributed by atoms with Crippen molar-refractivity contribution in [1.82, 2.24) is 10.2 Å². The quantitative estimate of drug-likeness (QED) is 0.893. The molecule has 18 heavy (non-hydrogen) atoms. The molecular weight excluding hydrogens is 265 g/mol. The van der Waals surface area contributed by atoms with Crippen LogP contribution >= 0.6 is 11.3 Å². The van der Waals surface area contributed by atoms with Gasteiger partial charge in [0.25, 0.3) is 0 Å². The molecule has 1 saturated carbocycles. The lowest BCUT2D eigenvalue weighted by Gasteiger charge is -2.27. The van der Waals surface area contributed by atoms with Crippen molar-refractivity contribution >= 4 is 16.5 Å². The third-order valence-corrected chi connectivity index (χ3v) is 4.07. The van der Waals surface area contributed by atoms with Crippen molar-refractivity contribution in [2.24, 2.45) is 11.7 Å². The van der Waals surface area contributed by atoms with Crippen molar-refractivity contribution in [3.8, 4) is 0 Å². The SMILES string of the molecule is NCC1CCC(Nc2nnc(C(F)(F)F)s2)CC1. The fourth-order valence-electron chi connectivity index (χ4n) is 2.11. The zero-order valence-electron chi connectivity index (χ0n) is 9.70. The van der Waals surface area contributed by atoms with Gasteiger partial charge in [-0.05, 0) is 38.1 Å². The van der Waals surface area contributed by atoms with E-state index in [2.05, 4.69) is 15.5 Å². The number of aromatic nitrogens is 2. The molecule has 4 nitrogen and oxygen atoms in total. The number of anilines is 1. The first-order chi connectivity index (χ1) is 8.49. The summed E-state index contributed by atoms with van der Waals surface area (Å²) in [5.74, 6) is 0.545. The molecule has 0 bridgehead atoms. The molecule has 0 saturated heterocycles. The monoisotopic (exact) mass is 280 g/mol. The summed E-state index contributed by atoms with van der Waals surface area (Å²) in [5.41, 5.74) is 5.59. The predicted molar refractivity (Wildman–Crippen MR) is 63.3 cm³/mol. The van der Waals surface area contributed by atoms with Crippen molar-refractivity contribution in [1.29, 1.82) is 0 Å². The number of alkyl halides is 3. The number of rotatable bonds is 3. The summed E-state index contributed by atoms with van der Waals surface area (Å²) in [7, 11) is 0. The van der Waals surface area contributed by atoms with Crippen molar-refractivity contribution in [3.05, 3.63) is 5.01 Å². The normalized spacial score (nSPS) is 25.1. The second-order valence-corrected chi connectivity index (χ2v) is 5.49. The Morgan fingerprint density at radius 3 is 2.39 bits per heavy atom. The van der Waals surface area contributed by atoms with Gasteiger partial charge < -0.3 is 11.1 Å². The van der Waals surface area contributed by atoms with Crippen molar-refractivity contribution in [3.63, 3.8) is 0 Å². The van der Waals surface area contributed by atoms with Crippen molar-refractivity contribution in [2.45, 2.75) is 37.9 Å². The minimum atomic E-state index is -4.41. The van der Waals surface area contributed by atoms with Crippen LogP contribution in [0.25, 0.3) is 0 Å². The second kappa shape index (κ2) is 5.40. The largest absolute Gasteiger partial charge is 0.445 e. The number of halogens is 3. The van der Waals surface area contributed by atoms with Gasteiger partial charge in [0.05, 0.1) is 0 Å². The highest BCUT2D eigenvalue weighted by atomic mass is 32.1. The van der Waals surface area contributed by atoms with Crippen LogP contribution in [0, 0.1) is 5.92 Å². The number of nitrogens with zero attached hydrogens (tertiary/aromatic N) is 2. The summed E-state index contributed by atoms with van der Waals surface area (Å²) in [4.78, 5) is 0. The van der Waals surface area contributed by atoms with E-state index < -0.39 is 11.2 Å². The molecule has 2 rings (SSSR count). The molecule has 8 heteroatoms. The van der Waals surface area contributed by atoms with Gasteiger partial charge in [-0.2, -0.15) is 13.2 Å². The average Bonchev–Trinajstić information content (AvgIpc) is 2.78. The van der Waals surface area contributed by atoms with E-state index in [0.29, 0.717) is 23.8 Å². The molecule has 0 unspecified atom stereocenters. The topological polar surface area (TPSA) is 63.8 Å². The molecule has 1 heterocycles. The molecule has 1 aromatic rings. The van der Waals surface area contributed by atoms with E-state index in [9.17, 15) is 13.2 Å². The number of nitrogens with two attached hydrogens (primary N) is 1. The number of hydrogen-bond donors (Lipinski definition) is 2. The maximum absolute atomic E-state index is 12.3.